The van der Waals surface area contributed by atoms with E-state index in [1.807, 2.05) is 12.1 Å². The van der Waals surface area contributed by atoms with Crippen molar-refractivity contribution in [2.24, 2.45) is 0 Å². The molecule has 6 heteroatoms. The number of nitrogens with zero attached hydrogens (tertiary/aromatic N) is 3. The van der Waals surface area contributed by atoms with E-state index in [-0.39, 0.29) is 11.6 Å². The zero-order valence-electron chi connectivity index (χ0n) is 12.6. The maximum Gasteiger partial charge on any atom is 0.201 e. The van der Waals surface area contributed by atoms with Crippen molar-refractivity contribution in [2.45, 2.75) is 38.8 Å². The van der Waals surface area contributed by atoms with Crippen LogP contribution in [0.25, 0.3) is 0 Å². The molecule has 1 aliphatic rings. The van der Waals surface area contributed by atoms with Gasteiger partial charge in [-0.2, -0.15) is 5.26 Å². The lowest BCUT2D eigenvalue weighted by atomic mass is 9.99. The van der Waals surface area contributed by atoms with Gasteiger partial charge in [0.2, 0.25) is 5.69 Å². The van der Waals surface area contributed by atoms with Crippen molar-refractivity contribution in [3.63, 3.8) is 0 Å². The topological polar surface area (TPSA) is 88.8 Å². The number of aromatic nitrogens is 1. The molecule has 1 aliphatic heterocycles. The molecular weight excluding hydrogens is 268 g/mol. The van der Waals surface area contributed by atoms with Crippen LogP contribution in [0.2, 0.25) is 0 Å². The number of hydrogen-bond donors (Lipinski definition) is 1. The highest BCUT2D eigenvalue weighted by atomic mass is 16.4. The number of quaternary nitrogens is 1. The monoisotopic (exact) mass is 288 g/mol. The van der Waals surface area contributed by atoms with Crippen LogP contribution in [-0.2, 0) is 0 Å². The standard InChI is InChI=1S/C15H20N4O2/c1-15(2,3)19(8-6-11(10-19)18-14(20)21)13-5-4-7-17-12(13)9-16/h4-5,7,11,18H,6,8,10H2,1-3H3/t11-,19?/m0/s1. The summed E-state index contributed by atoms with van der Waals surface area (Å²) in [7, 11) is 0. The second-order valence-corrected chi connectivity index (χ2v) is 6.45. The molecule has 0 spiro atoms. The summed E-state index contributed by atoms with van der Waals surface area (Å²) < 4.78 is 0.536. The van der Waals surface area contributed by atoms with Crippen LogP contribution < -0.4 is 14.9 Å². The summed E-state index contributed by atoms with van der Waals surface area (Å²) in [5.74, 6) is 0. The molecule has 1 aromatic heterocycles. The van der Waals surface area contributed by atoms with Gasteiger partial charge in [-0.05, 0) is 26.8 Å². The maximum absolute atomic E-state index is 10.8. The fourth-order valence-corrected chi connectivity index (χ4v) is 3.24. The fourth-order valence-electron chi connectivity index (χ4n) is 3.24. The van der Waals surface area contributed by atoms with Gasteiger partial charge in [-0.3, -0.25) is 4.48 Å². The number of nitrogens with one attached hydrogen (secondary N) is 1. The Balaban J connectivity index is 2.46. The van der Waals surface area contributed by atoms with E-state index in [9.17, 15) is 15.2 Å². The van der Waals surface area contributed by atoms with Crippen molar-refractivity contribution < 1.29 is 9.90 Å². The largest absolute Gasteiger partial charge is 0.530 e. The highest BCUT2D eigenvalue weighted by molar-refractivity contribution is 5.63. The lowest BCUT2D eigenvalue weighted by Crippen LogP contribution is -2.62. The van der Waals surface area contributed by atoms with Crippen LogP contribution in [-0.4, -0.2) is 35.7 Å². The zero-order valence-corrected chi connectivity index (χ0v) is 12.6. The second kappa shape index (κ2) is 5.34. The first-order valence-electron chi connectivity index (χ1n) is 7.00. The third-order valence-corrected chi connectivity index (χ3v) is 4.35. The van der Waals surface area contributed by atoms with E-state index in [1.165, 1.54) is 0 Å². The summed E-state index contributed by atoms with van der Waals surface area (Å²) in [6.45, 7) is 7.65. The van der Waals surface area contributed by atoms with Gasteiger partial charge in [0.05, 0.1) is 18.1 Å². The molecule has 2 rings (SSSR count). The van der Waals surface area contributed by atoms with Crippen molar-refractivity contribution in [3.8, 4) is 6.07 Å². The number of rotatable bonds is 2. The summed E-state index contributed by atoms with van der Waals surface area (Å²) in [6, 6.07) is 5.72. The maximum atomic E-state index is 10.8. The highest BCUT2D eigenvalue weighted by Crippen LogP contribution is 2.39. The predicted octanol–water partition coefficient (Wildman–Crippen LogP) is 0.764. The lowest BCUT2D eigenvalue weighted by molar-refractivity contribution is -0.251. The molecule has 2 atom stereocenters. The molecule has 0 radical (unpaired) electrons. The molecule has 0 aromatic carbocycles. The van der Waals surface area contributed by atoms with Crippen LogP contribution in [0.1, 0.15) is 32.9 Å². The Labute approximate surface area is 124 Å². The number of carbonyl (C=O) groups is 1. The summed E-state index contributed by atoms with van der Waals surface area (Å²) in [5, 5.41) is 22.6. The van der Waals surface area contributed by atoms with Crippen molar-refractivity contribution >= 4 is 11.8 Å². The molecule has 6 nitrogen and oxygen atoms in total. The molecule has 112 valence electrons. The molecule has 1 amide bonds. The first-order valence-corrected chi connectivity index (χ1v) is 7.00. The average Bonchev–Trinajstić information content (AvgIpc) is 2.82. The molecule has 2 heterocycles. The minimum Gasteiger partial charge on any atom is -0.530 e. The minimum atomic E-state index is -1.25. The van der Waals surface area contributed by atoms with E-state index in [1.54, 1.807) is 6.20 Å². The van der Waals surface area contributed by atoms with Crippen LogP contribution in [0.5, 0.6) is 0 Å². The number of pyridine rings is 1. The Morgan fingerprint density at radius 1 is 1.57 bits per heavy atom. The third-order valence-electron chi connectivity index (χ3n) is 4.35. The predicted molar refractivity (Wildman–Crippen MR) is 77.2 cm³/mol. The SMILES string of the molecule is CC(C)(C)[N+]1(c2cccnc2C#N)CC[C@H](NC(=O)[O-])C1. The number of likely N-dealkylation sites (tertiary alicyclic amines) is 1. The van der Waals surface area contributed by atoms with Crippen LogP contribution in [0, 0.1) is 11.3 Å². The van der Waals surface area contributed by atoms with Crippen LogP contribution in [0.15, 0.2) is 18.3 Å². The van der Waals surface area contributed by atoms with Gasteiger partial charge in [-0.15, -0.1) is 0 Å². The van der Waals surface area contributed by atoms with E-state index < -0.39 is 6.09 Å². The molecule has 0 saturated carbocycles. The zero-order chi connectivity index (χ0) is 15.7. The fraction of sp³-hybridized carbons (Fsp3) is 0.533. The van der Waals surface area contributed by atoms with Crippen LogP contribution in [0.4, 0.5) is 10.5 Å². The third kappa shape index (κ3) is 2.69. The van der Waals surface area contributed by atoms with Gasteiger partial charge in [0.25, 0.3) is 0 Å². The molecule has 1 unspecified atom stereocenters. The quantitative estimate of drug-likeness (QED) is 0.814. The lowest BCUT2D eigenvalue weighted by Gasteiger charge is -2.45. The molecule has 1 saturated heterocycles. The van der Waals surface area contributed by atoms with Gasteiger partial charge in [-0.25, -0.2) is 4.98 Å². The molecule has 1 N–H and O–H groups in total. The van der Waals surface area contributed by atoms with Gasteiger partial charge < -0.3 is 15.2 Å². The van der Waals surface area contributed by atoms with Gasteiger partial charge in [0, 0.05) is 18.7 Å². The van der Waals surface area contributed by atoms with Gasteiger partial charge >= 0.3 is 0 Å². The molecule has 0 aliphatic carbocycles. The van der Waals surface area contributed by atoms with Crippen molar-refractivity contribution in [1.29, 1.82) is 5.26 Å². The summed E-state index contributed by atoms with van der Waals surface area (Å²) in [6.07, 6.45) is 1.07. The Morgan fingerprint density at radius 2 is 2.29 bits per heavy atom. The Kier molecular flexibility index (Phi) is 3.88. The van der Waals surface area contributed by atoms with Gasteiger partial charge in [0.1, 0.15) is 18.7 Å². The minimum absolute atomic E-state index is 0.166. The van der Waals surface area contributed by atoms with E-state index in [4.69, 9.17) is 0 Å². The Hall–Kier alpha value is -2.13. The number of carboxylic acid groups (broad SMARTS) is 1. The van der Waals surface area contributed by atoms with Crippen molar-refractivity contribution in [2.75, 3.05) is 13.1 Å². The highest BCUT2D eigenvalue weighted by Gasteiger charge is 2.49. The molecular formula is C15H20N4O2. The van der Waals surface area contributed by atoms with Crippen molar-refractivity contribution in [3.05, 3.63) is 24.0 Å². The smallest absolute Gasteiger partial charge is 0.201 e. The van der Waals surface area contributed by atoms with Gasteiger partial charge in [0.15, 0.2) is 5.69 Å². The first kappa shape index (κ1) is 15.3. The molecule has 1 aromatic rings. The van der Waals surface area contributed by atoms with Crippen molar-refractivity contribution in [1.82, 2.24) is 14.8 Å². The van der Waals surface area contributed by atoms with Crippen LogP contribution >= 0.6 is 0 Å². The van der Waals surface area contributed by atoms with E-state index >= 15 is 0 Å². The number of carbonyl (C=O) groups excluding carboxylic acids is 1. The summed E-state index contributed by atoms with van der Waals surface area (Å²) in [5.41, 5.74) is 1.09. The summed E-state index contributed by atoms with van der Waals surface area (Å²) >= 11 is 0. The van der Waals surface area contributed by atoms with Gasteiger partial charge in [-0.1, -0.05) is 0 Å². The molecule has 1 fully saturated rings. The van der Waals surface area contributed by atoms with E-state index in [0.29, 0.717) is 23.1 Å². The first-order chi connectivity index (χ1) is 9.80. The Morgan fingerprint density at radius 3 is 2.86 bits per heavy atom. The molecule has 0 bridgehead atoms. The number of amides is 1. The van der Waals surface area contributed by atoms with E-state index in [0.717, 1.165) is 12.2 Å². The Bertz CT molecular complexity index is 588. The average molecular weight is 288 g/mol. The normalized spacial score (nSPS) is 25.3. The molecule has 21 heavy (non-hydrogen) atoms. The van der Waals surface area contributed by atoms with Crippen LogP contribution in [0.3, 0.4) is 0 Å². The number of hydrogen-bond acceptors (Lipinski definition) is 4. The number of nitriles is 1. The summed E-state index contributed by atoms with van der Waals surface area (Å²) in [4.78, 5) is 14.9. The van der Waals surface area contributed by atoms with E-state index in [2.05, 4.69) is 37.1 Å². The second-order valence-electron chi connectivity index (χ2n) is 6.45.